The molecule has 0 aliphatic carbocycles. The van der Waals surface area contributed by atoms with Crippen LogP contribution in [0.25, 0.3) is 10.9 Å². The maximum Gasteiger partial charge on any atom is 0.446 e. The normalized spacial score (nSPS) is 11.6. The van der Waals surface area contributed by atoms with Crippen LogP contribution in [0.3, 0.4) is 0 Å². The summed E-state index contributed by atoms with van der Waals surface area (Å²) in [7, 11) is 0. The van der Waals surface area contributed by atoms with E-state index in [1.165, 1.54) is 24.3 Å². The van der Waals surface area contributed by atoms with Crippen LogP contribution in [0.15, 0.2) is 59.6 Å². The van der Waals surface area contributed by atoms with E-state index in [1.54, 1.807) is 0 Å². The van der Waals surface area contributed by atoms with Crippen molar-refractivity contribution in [3.63, 3.8) is 0 Å². The van der Waals surface area contributed by atoms with Crippen molar-refractivity contribution in [3.8, 4) is 0 Å². The minimum absolute atomic E-state index is 0.0527. The van der Waals surface area contributed by atoms with Gasteiger partial charge in [0, 0.05) is 28.7 Å². The molecule has 0 unspecified atom stereocenters. The number of aromatic amines is 1. The predicted octanol–water partition coefficient (Wildman–Crippen LogP) is 4.71. The highest BCUT2D eigenvalue weighted by atomic mass is 32.2. The van der Waals surface area contributed by atoms with E-state index in [0.29, 0.717) is 12.1 Å². The third kappa shape index (κ3) is 4.11. The van der Waals surface area contributed by atoms with Gasteiger partial charge in [-0.3, -0.25) is 4.79 Å². The van der Waals surface area contributed by atoms with Gasteiger partial charge in [-0.2, -0.15) is 13.2 Å². The lowest BCUT2D eigenvalue weighted by molar-refractivity contribution is -0.0328. The Morgan fingerprint density at radius 2 is 1.83 bits per heavy atom. The highest BCUT2D eigenvalue weighted by Crippen LogP contribution is 2.36. The molecule has 3 nitrogen and oxygen atoms in total. The second kappa shape index (κ2) is 6.60. The molecule has 3 aromatic rings. The Morgan fingerprint density at radius 1 is 1.08 bits per heavy atom. The number of aromatic nitrogens is 1. The van der Waals surface area contributed by atoms with Crippen molar-refractivity contribution in [2.45, 2.75) is 16.9 Å². The lowest BCUT2D eigenvalue weighted by Gasteiger charge is -2.08. The predicted molar refractivity (Wildman–Crippen MR) is 87.8 cm³/mol. The van der Waals surface area contributed by atoms with Crippen molar-refractivity contribution < 1.29 is 18.0 Å². The van der Waals surface area contributed by atoms with Crippen LogP contribution in [-0.2, 0) is 6.54 Å². The maximum absolute atomic E-state index is 12.3. The molecule has 0 fully saturated rings. The first-order chi connectivity index (χ1) is 11.4. The smallest absolute Gasteiger partial charge is 0.361 e. The third-order valence-corrected chi connectivity index (χ3v) is 4.16. The Labute approximate surface area is 140 Å². The Balaban J connectivity index is 1.62. The first-order valence-corrected chi connectivity index (χ1v) is 7.92. The first-order valence-electron chi connectivity index (χ1n) is 7.11. The average molecular weight is 350 g/mol. The highest BCUT2D eigenvalue weighted by molar-refractivity contribution is 8.00. The fourth-order valence-corrected chi connectivity index (χ4v) is 2.84. The number of hydrogen-bond donors (Lipinski definition) is 2. The summed E-state index contributed by atoms with van der Waals surface area (Å²) in [5.41, 5.74) is -2.05. The Bertz CT molecular complexity index is 856. The molecule has 0 saturated heterocycles. The van der Waals surface area contributed by atoms with Gasteiger partial charge in [0.1, 0.15) is 0 Å². The first kappa shape index (κ1) is 16.4. The number of thioether (sulfide) groups is 1. The molecule has 3 rings (SSSR count). The van der Waals surface area contributed by atoms with Gasteiger partial charge < -0.3 is 10.3 Å². The van der Waals surface area contributed by atoms with Gasteiger partial charge >= 0.3 is 5.51 Å². The highest BCUT2D eigenvalue weighted by Gasteiger charge is 2.29. The van der Waals surface area contributed by atoms with Gasteiger partial charge in [-0.05, 0) is 65.2 Å². The van der Waals surface area contributed by atoms with Gasteiger partial charge in [0.2, 0.25) is 0 Å². The molecular formula is C17H13F3N2OS. The topological polar surface area (TPSA) is 44.9 Å². The van der Waals surface area contributed by atoms with Gasteiger partial charge in [0.05, 0.1) is 0 Å². The molecular weight excluding hydrogens is 337 g/mol. The van der Waals surface area contributed by atoms with Gasteiger partial charge in [-0.15, -0.1) is 0 Å². The number of fused-ring (bicyclic) bond motifs is 1. The summed E-state index contributed by atoms with van der Waals surface area (Å²) < 4.78 is 36.8. The zero-order valence-corrected chi connectivity index (χ0v) is 13.2. The standard InChI is InChI=1S/C17H13F3N2OS/c18-17(19,20)24-14-4-2-12(3-5-14)16(23)22-10-11-1-6-15-13(9-11)7-8-21-15/h1-9,21H,10H2,(H,22,23). The van der Waals surface area contributed by atoms with Crippen LogP contribution in [0, 0.1) is 0 Å². The van der Waals surface area contributed by atoms with Gasteiger partial charge in [-0.1, -0.05) is 6.07 Å². The molecule has 124 valence electrons. The number of hydrogen-bond acceptors (Lipinski definition) is 2. The van der Waals surface area contributed by atoms with Crippen molar-refractivity contribution in [1.29, 1.82) is 0 Å². The summed E-state index contributed by atoms with van der Waals surface area (Å²) in [6.07, 6.45) is 1.84. The number of halogens is 3. The molecule has 0 spiro atoms. The maximum atomic E-state index is 12.3. The fourth-order valence-electron chi connectivity index (χ4n) is 2.31. The zero-order chi connectivity index (χ0) is 17.2. The molecule has 1 amide bonds. The summed E-state index contributed by atoms with van der Waals surface area (Å²) in [6, 6.07) is 13.1. The number of nitrogens with one attached hydrogen (secondary N) is 2. The number of rotatable bonds is 4. The molecule has 2 N–H and O–H groups in total. The van der Waals surface area contributed by atoms with Crippen LogP contribution in [-0.4, -0.2) is 16.4 Å². The molecule has 7 heteroatoms. The van der Waals surface area contributed by atoms with Crippen molar-refractivity contribution in [3.05, 3.63) is 65.9 Å². The van der Waals surface area contributed by atoms with E-state index in [-0.39, 0.29) is 22.6 Å². The van der Waals surface area contributed by atoms with Crippen LogP contribution < -0.4 is 5.32 Å². The van der Waals surface area contributed by atoms with E-state index in [1.807, 2.05) is 30.5 Å². The number of alkyl halides is 3. The van der Waals surface area contributed by atoms with E-state index in [9.17, 15) is 18.0 Å². The zero-order valence-electron chi connectivity index (χ0n) is 12.4. The Morgan fingerprint density at radius 3 is 2.54 bits per heavy atom. The minimum Gasteiger partial charge on any atom is -0.361 e. The molecule has 0 bridgehead atoms. The van der Waals surface area contributed by atoms with Gasteiger partial charge in [0.25, 0.3) is 5.91 Å². The second-order valence-corrected chi connectivity index (χ2v) is 6.29. The lowest BCUT2D eigenvalue weighted by atomic mass is 10.1. The Hall–Kier alpha value is -2.41. The van der Waals surface area contributed by atoms with Gasteiger partial charge in [0.15, 0.2) is 0 Å². The minimum atomic E-state index is -4.33. The SMILES string of the molecule is O=C(NCc1ccc2[nH]ccc2c1)c1ccc(SC(F)(F)F)cc1. The van der Waals surface area contributed by atoms with E-state index < -0.39 is 5.51 Å². The Kier molecular flexibility index (Phi) is 4.53. The van der Waals surface area contributed by atoms with Crippen molar-refractivity contribution >= 4 is 28.6 Å². The quantitative estimate of drug-likeness (QED) is 0.670. The molecule has 1 aromatic heterocycles. The van der Waals surface area contributed by atoms with Crippen LogP contribution in [0.4, 0.5) is 13.2 Å². The van der Waals surface area contributed by atoms with Crippen LogP contribution in [0.2, 0.25) is 0 Å². The third-order valence-electron chi connectivity index (χ3n) is 3.42. The van der Waals surface area contributed by atoms with E-state index in [4.69, 9.17) is 0 Å². The van der Waals surface area contributed by atoms with Crippen LogP contribution in [0.5, 0.6) is 0 Å². The summed E-state index contributed by atoms with van der Waals surface area (Å²) in [5, 5.41) is 3.81. The number of H-pyrrole nitrogens is 1. The molecule has 0 radical (unpaired) electrons. The second-order valence-electron chi connectivity index (χ2n) is 5.15. The summed E-state index contributed by atoms with van der Waals surface area (Å²) in [6.45, 7) is 0.346. The molecule has 24 heavy (non-hydrogen) atoms. The molecule has 0 aliphatic rings. The number of amides is 1. The van der Waals surface area contributed by atoms with E-state index in [0.717, 1.165) is 16.5 Å². The summed E-state index contributed by atoms with van der Waals surface area (Å²) in [5.74, 6) is -0.326. The van der Waals surface area contributed by atoms with Gasteiger partial charge in [-0.25, -0.2) is 0 Å². The molecule has 0 saturated carbocycles. The van der Waals surface area contributed by atoms with Crippen LogP contribution in [0.1, 0.15) is 15.9 Å². The fraction of sp³-hybridized carbons (Fsp3) is 0.118. The van der Waals surface area contributed by atoms with Crippen molar-refractivity contribution in [2.75, 3.05) is 0 Å². The molecule has 0 aliphatic heterocycles. The van der Waals surface area contributed by atoms with Crippen molar-refractivity contribution in [2.24, 2.45) is 0 Å². The van der Waals surface area contributed by atoms with Crippen LogP contribution >= 0.6 is 11.8 Å². The summed E-state index contributed by atoms with van der Waals surface area (Å²) in [4.78, 5) is 15.2. The molecule has 1 heterocycles. The molecule has 0 atom stereocenters. The number of benzene rings is 2. The van der Waals surface area contributed by atoms with Crippen molar-refractivity contribution in [1.82, 2.24) is 10.3 Å². The number of carbonyl (C=O) groups is 1. The summed E-state index contributed by atoms with van der Waals surface area (Å²) >= 11 is -0.201. The lowest BCUT2D eigenvalue weighted by Crippen LogP contribution is -2.22. The average Bonchev–Trinajstić information content (AvgIpc) is 2.99. The largest absolute Gasteiger partial charge is 0.446 e. The monoisotopic (exact) mass is 350 g/mol. The van der Waals surface area contributed by atoms with E-state index >= 15 is 0 Å². The molecule has 2 aromatic carbocycles. The van der Waals surface area contributed by atoms with E-state index in [2.05, 4.69) is 10.3 Å². The number of carbonyl (C=O) groups excluding carboxylic acids is 1.